The number of carboxylic acid groups (broad SMARTS) is 1. The summed E-state index contributed by atoms with van der Waals surface area (Å²) in [5.41, 5.74) is 3.48. The Kier molecular flexibility index (Phi) is 12.8. The number of carbonyl (C=O) groups excluding carboxylic acids is 1. The highest BCUT2D eigenvalue weighted by Gasteiger charge is 2.44. The number of carbonyl (C=O) groups is 2. The molecule has 6 heteroatoms. The zero-order valence-corrected chi connectivity index (χ0v) is 23.0. The molecule has 3 unspecified atom stereocenters. The molecule has 2 saturated heterocycles. The minimum Gasteiger partial charge on any atom is -0.478 e. The van der Waals surface area contributed by atoms with Gasteiger partial charge in [-0.1, -0.05) is 76.6 Å². The lowest BCUT2D eigenvalue weighted by Gasteiger charge is -2.16. The van der Waals surface area contributed by atoms with Crippen molar-refractivity contribution in [1.82, 2.24) is 0 Å². The number of rotatable bonds is 13. The van der Waals surface area contributed by atoms with Crippen LogP contribution in [-0.4, -0.2) is 48.6 Å². The highest BCUT2D eigenvalue weighted by molar-refractivity contribution is 5.89. The van der Waals surface area contributed by atoms with E-state index >= 15 is 0 Å². The Bertz CT molecular complexity index is 968. The molecule has 0 spiro atoms. The maximum absolute atomic E-state index is 12.3. The van der Waals surface area contributed by atoms with Gasteiger partial charge in [-0.2, -0.15) is 0 Å². The van der Waals surface area contributed by atoms with Gasteiger partial charge in [-0.15, -0.1) is 0 Å². The molecule has 0 aliphatic carbocycles. The van der Waals surface area contributed by atoms with Gasteiger partial charge < -0.3 is 19.3 Å². The molecule has 0 saturated carbocycles. The molecule has 2 aromatic rings. The number of esters is 1. The highest BCUT2D eigenvalue weighted by Crippen LogP contribution is 2.28. The summed E-state index contributed by atoms with van der Waals surface area (Å²) in [6, 6.07) is 15.0. The Morgan fingerprint density at radius 3 is 1.87 bits per heavy atom. The van der Waals surface area contributed by atoms with Gasteiger partial charge in [0, 0.05) is 6.61 Å². The fourth-order valence-electron chi connectivity index (χ4n) is 4.87. The van der Waals surface area contributed by atoms with Crippen LogP contribution in [0, 0.1) is 0 Å². The number of ether oxygens (including phenoxy) is 3. The number of fused-ring (bicyclic) bond motifs is 1. The zero-order valence-electron chi connectivity index (χ0n) is 23.0. The second-order valence-corrected chi connectivity index (χ2v) is 10.3. The summed E-state index contributed by atoms with van der Waals surface area (Å²) in [6.45, 7) is 5.54. The minimum absolute atomic E-state index is 0.0863. The molecule has 0 radical (unpaired) electrons. The number of unbranched alkanes of at least 4 members (excludes halogenated alkanes) is 6. The van der Waals surface area contributed by atoms with Gasteiger partial charge in [0.15, 0.2) is 6.10 Å². The molecule has 2 aromatic carbocycles. The maximum atomic E-state index is 12.3. The molecule has 3 atom stereocenters. The third-order valence-corrected chi connectivity index (χ3v) is 7.21. The summed E-state index contributed by atoms with van der Waals surface area (Å²) >= 11 is 0. The third kappa shape index (κ3) is 9.55. The van der Waals surface area contributed by atoms with E-state index in [4.69, 9.17) is 19.3 Å². The molecular weight excluding hydrogens is 480 g/mol. The van der Waals surface area contributed by atoms with Crippen molar-refractivity contribution in [3.63, 3.8) is 0 Å². The molecule has 4 rings (SSSR count). The van der Waals surface area contributed by atoms with Gasteiger partial charge >= 0.3 is 11.9 Å². The quantitative estimate of drug-likeness (QED) is 0.224. The molecule has 2 aliphatic heterocycles. The SMILES string of the molecule is CCCCCCc1ccc(C(=O)O)cc1.CCCCCCc1ccc(C(=O)OC2COC3CCOC32)cc1. The van der Waals surface area contributed by atoms with Crippen LogP contribution in [0.3, 0.4) is 0 Å². The fourth-order valence-corrected chi connectivity index (χ4v) is 4.87. The molecule has 1 N–H and O–H groups in total. The Labute approximate surface area is 227 Å². The average molecular weight is 525 g/mol. The van der Waals surface area contributed by atoms with Crippen LogP contribution in [0.1, 0.15) is 103 Å². The number of hydrogen-bond donors (Lipinski definition) is 1. The third-order valence-electron chi connectivity index (χ3n) is 7.21. The van der Waals surface area contributed by atoms with Crippen molar-refractivity contribution in [1.29, 1.82) is 0 Å². The monoisotopic (exact) mass is 524 g/mol. The van der Waals surface area contributed by atoms with Crippen LogP contribution in [0.4, 0.5) is 0 Å². The van der Waals surface area contributed by atoms with Crippen molar-refractivity contribution in [2.24, 2.45) is 0 Å². The standard InChI is InChI=1S/C19H26O4.C13H18O2/c1-2-3-4-5-6-14-7-9-15(10-8-14)19(20)23-17-13-22-16-11-12-21-18(16)17;1-2-3-4-5-6-11-7-9-12(10-8-11)13(14)15/h7-10,16-18H,2-6,11-13H2,1H3;7-10H,2-6H2,1H3,(H,14,15). The van der Waals surface area contributed by atoms with Gasteiger partial charge in [0.25, 0.3) is 0 Å². The van der Waals surface area contributed by atoms with Crippen molar-refractivity contribution in [3.05, 3.63) is 70.8 Å². The molecule has 2 heterocycles. The first-order chi connectivity index (χ1) is 18.5. The number of aryl methyl sites for hydroxylation is 2. The summed E-state index contributed by atoms with van der Waals surface area (Å²) in [6.07, 6.45) is 12.8. The molecular formula is C32H44O6. The van der Waals surface area contributed by atoms with E-state index in [1.165, 1.54) is 62.5 Å². The van der Waals surface area contributed by atoms with E-state index in [-0.39, 0.29) is 24.3 Å². The average Bonchev–Trinajstić information content (AvgIpc) is 3.55. The predicted octanol–water partition coefficient (Wildman–Crippen LogP) is 7.03. The molecule has 6 nitrogen and oxygen atoms in total. The van der Waals surface area contributed by atoms with Gasteiger partial charge in [-0.05, 0) is 67.5 Å². The zero-order chi connectivity index (χ0) is 27.2. The summed E-state index contributed by atoms with van der Waals surface area (Å²) in [5.74, 6) is -1.14. The van der Waals surface area contributed by atoms with E-state index in [1.807, 2.05) is 36.4 Å². The summed E-state index contributed by atoms with van der Waals surface area (Å²) in [4.78, 5) is 22.9. The van der Waals surface area contributed by atoms with E-state index in [0.717, 1.165) is 19.3 Å². The van der Waals surface area contributed by atoms with Crippen molar-refractivity contribution >= 4 is 11.9 Å². The number of aromatic carboxylic acids is 1. The van der Waals surface area contributed by atoms with Crippen LogP contribution in [0.2, 0.25) is 0 Å². The van der Waals surface area contributed by atoms with Crippen molar-refractivity contribution in [2.75, 3.05) is 13.2 Å². The largest absolute Gasteiger partial charge is 0.478 e. The lowest BCUT2D eigenvalue weighted by atomic mass is 10.0. The van der Waals surface area contributed by atoms with Crippen molar-refractivity contribution in [2.45, 2.75) is 103 Å². The lowest BCUT2D eigenvalue weighted by Crippen LogP contribution is -2.32. The smallest absolute Gasteiger partial charge is 0.338 e. The van der Waals surface area contributed by atoms with E-state index < -0.39 is 5.97 Å². The van der Waals surface area contributed by atoms with E-state index in [9.17, 15) is 9.59 Å². The normalized spacial score (nSPS) is 19.9. The van der Waals surface area contributed by atoms with Crippen LogP contribution in [0.25, 0.3) is 0 Å². The van der Waals surface area contributed by atoms with Crippen LogP contribution in [0.5, 0.6) is 0 Å². The number of benzene rings is 2. The molecule has 0 aromatic heterocycles. The van der Waals surface area contributed by atoms with Crippen LogP contribution in [-0.2, 0) is 27.1 Å². The Morgan fingerprint density at radius 1 is 0.789 bits per heavy atom. The van der Waals surface area contributed by atoms with Crippen LogP contribution in [0.15, 0.2) is 48.5 Å². The van der Waals surface area contributed by atoms with Gasteiger partial charge in [-0.3, -0.25) is 0 Å². The Morgan fingerprint density at radius 2 is 1.34 bits per heavy atom. The lowest BCUT2D eigenvalue weighted by molar-refractivity contribution is -0.0148. The number of hydrogen-bond acceptors (Lipinski definition) is 5. The van der Waals surface area contributed by atoms with Crippen molar-refractivity contribution in [3.8, 4) is 0 Å². The minimum atomic E-state index is -0.854. The summed E-state index contributed by atoms with van der Waals surface area (Å²) in [5, 5.41) is 8.72. The second-order valence-electron chi connectivity index (χ2n) is 10.3. The van der Waals surface area contributed by atoms with Crippen LogP contribution < -0.4 is 0 Å². The molecule has 2 aliphatic rings. The molecule has 0 amide bonds. The summed E-state index contributed by atoms with van der Waals surface area (Å²) in [7, 11) is 0. The molecule has 38 heavy (non-hydrogen) atoms. The Hall–Kier alpha value is -2.70. The summed E-state index contributed by atoms with van der Waals surface area (Å²) < 4.78 is 16.8. The van der Waals surface area contributed by atoms with Gasteiger partial charge in [0.05, 0.1) is 23.8 Å². The topological polar surface area (TPSA) is 82.1 Å². The Balaban J connectivity index is 0.000000232. The second kappa shape index (κ2) is 16.3. The van der Waals surface area contributed by atoms with E-state index in [2.05, 4.69) is 13.8 Å². The van der Waals surface area contributed by atoms with Gasteiger partial charge in [-0.25, -0.2) is 9.59 Å². The first kappa shape index (κ1) is 29.9. The highest BCUT2D eigenvalue weighted by atomic mass is 16.6. The first-order valence-corrected chi connectivity index (χ1v) is 14.4. The predicted molar refractivity (Wildman–Crippen MR) is 149 cm³/mol. The fraction of sp³-hybridized carbons (Fsp3) is 0.562. The van der Waals surface area contributed by atoms with Crippen LogP contribution >= 0.6 is 0 Å². The van der Waals surface area contributed by atoms with Crippen molar-refractivity contribution < 1.29 is 28.9 Å². The number of carboxylic acids is 1. The maximum Gasteiger partial charge on any atom is 0.338 e. The first-order valence-electron chi connectivity index (χ1n) is 14.4. The van der Waals surface area contributed by atoms with E-state index in [0.29, 0.717) is 24.3 Å². The molecule has 0 bridgehead atoms. The molecule has 208 valence electrons. The van der Waals surface area contributed by atoms with E-state index in [1.54, 1.807) is 12.1 Å². The van der Waals surface area contributed by atoms with Gasteiger partial charge in [0.2, 0.25) is 0 Å². The molecule has 2 fully saturated rings. The van der Waals surface area contributed by atoms with Gasteiger partial charge in [0.1, 0.15) is 6.10 Å².